The zero-order valence-corrected chi connectivity index (χ0v) is 15.3. The molecule has 0 bridgehead atoms. The maximum Gasteiger partial charge on any atom is 0.322 e. The smallest absolute Gasteiger partial charge is 0.322 e. The maximum absolute atomic E-state index is 12.4. The summed E-state index contributed by atoms with van der Waals surface area (Å²) in [5.41, 5.74) is 3.01. The number of likely N-dealkylation sites (tertiary alicyclic amines) is 1. The Balaban J connectivity index is 1.48. The van der Waals surface area contributed by atoms with E-state index in [4.69, 9.17) is 14.2 Å². The van der Waals surface area contributed by atoms with E-state index in [-0.39, 0.29) is 12.1 Å². The van der Waals surface area contributed by atoms with Gasteiger partial charge in [-0.15, -0.1) is 0 Å². The van der Waals surface area contributed by atoms with Crippen molar-refractivity contribution in [1.29, 1.82) is 0 Å². The van der Waals surface area contributed by atoms with E-state index in [1.165, 1.54) is 11.1 Å². The predicted octanol–water partition coefficient (Wildman–Crippen LogP) is 3.45. The number of rotatable bonds is 6. The van der Waals surface area contributed by atoms with Crippen LogP contribution in [0.1, 0.15) is 11.1 Å². The first-order valence-electron chi connectivity index (χ1n) is 8.54. The van der Waals surface area contributed by atoms with Crippen molar-refractivity contribution in [1.82, 2.24) is 4.90 Å². The summed E-state index contributed by atoms with van der Waals surface area (Å²) < 4.78 is 16.4. The lowest BCUT2D eigenvalue weighted by atomic mass is 10.1. The quantitative estimate of drug-likeness (QED) is 0.861. The lowest BCUT2D eigenvalue weighted by Crippen LogP contribution is -2.56. The number of urea groups is 1. The molecule has 1 heterocycles. The molecular formula is C20H24N2O4. The Hall–Kier alpha value is -2.73. The summed E-state index contributed by atoms with van der Waals surface area (Å²) in [5, 5.41) is 2.87. The van der Waals surface area contributed by atoms with Gasteiger partial charge in [0, 0.05) is 6.07 Å². The van der Waals surface area contributed by atoms with Gasteiger partial charge in [0.25, 0.3) is 0 Å². The molecule has 2 aromatic carbocycles. The first kappa shape index (κ1) is 18.1. The summed E-state index contributed by atoms with van der Waals surface area (Å²) in [6.45, 7) is 3.80. The topological polar surface area (TPSA) is 60.0 Å². The molecule has 1 aliphatic rings. The van der Waals surface area contributed by atoms with Crippen molar-refractivity contribution in [3.05, 3.63) is 53.6 Å². The highest BCUT2D eigenvalue weighted by Crippen LogP contribution is 2.29. The Kier molecular flexibility index (Phi) is 5.63. The molecule has 0 spiro atoms. The average Bonchev–Trinajstić information content (AvgIpc) is 2.62. The molecule has 0 aromatic heterocycles. The second-order valence-corrected chi connectivity index (χ2v) is 6.26. The van der Waals surface area contributed by atoms with Crippen molar-refractivity contribution >= 4 is 11.7 Å². The number of nitrogens with zero attached hydrogens (tertiary/aromatic N) is 1. The Labute approximate surface area is 153 Å². The van der Waals surface area contributed by atoms with Crippen LogP contribution in [0.25, 0.3) is 0 Å². The largest absolute Gasteiger partial charge is 0.497 e. The number of hydrogen-bond donors (Lipinski definition) is 1. The number of nitrogens with one attached hydrogen (secondary N) is 1. The van der Waals surface area contributed by atoms with Gasteiger partial charge in [0.2, 0.25) is 0 Å². The molecule has 138 valence electrons. The molecule has 0 saturated carbocycles. The third-order valence-corrected chi connectivity index (χ3v) is 4.52. The van der Waals surface area contributed by atoms with E-state index in [0.717, 1.165) is 0 Å². The molecule has 6 nitrogen and oxygen atoms in total. The van der Waals surface area contributed by atoms with Crippen molar-refractivity contribution in [3.63, 3.8) is 0 Å². The van der Waals surface area contributed by atoms with Gasteiger partial charge in [-0.25, -0.2) is 4.79 Å². The van der Waals surface area contributed by atoms with E-state index in [0.29, 0.717) is 36.9 Å². The van der Waals surface area contributed by atoms with E-state index < -0.39 is 0 Å². The van der Waals surface area contributed by atoms with Crippen molar-refractivity contribution in [3.8, 4) is 11.5 Å². The van der Waals surface area contributed by atoms with Crippen LogP contribution >= 0.6 is 0 Å². The monoisotopic (exact) mass is 356 g/mol. The standard InChI is InChI=1S/C20H24N2O4/c1-14-6-4-5-7-15(14)13-26-17-11-22(12-17)20(23)21-18-9-8-16(24-2)10-19(18)25-3/h4-10,17H,11-13H2,1-3H3,(H,21,23). The molecule has 1 N–H and O–H groups in total. The minimum atomic E-state index is -0.163. The van der Waals surface area contributed by atoms with Crippen LogP contribution in [0.15, 0.2) is 42.5 Å². The summed E-state index contributed by atoms with van der Waals surface area (Å²) in [6.07, 6.45) is 0.0677. The molecule has 2 aromatic rings. The van der Waals surface area contributed by atoms with Crippen LogP contribution in [-0.4, -0.2) is 44.3 Å². The van der Waals surface area contributed by atoms with Crippen LogP contribution in [-0.2, 0) is 11.3 Å². The molecule has 0 radical (unpaired) electrons. The summed E-state index contributed by atoms with van der Waals surface area (Å²) in [6, 6.07) is 13.3. The van der Waals surface area contributed by atoms with E-state index in [1.807, 2.05) is 12.1 Å². The molecule has 0 unspecified atom stereocenters. The van der Waals surface area contributed by atoms with E-state index in [2.05, 4.69) is 24.4 Å². The molecule has 0 aliphatic carbocycles. The van der Waals surface area contributed by atoms with Crippen molar-refractivity contribution in [2.75, 3.05) is 32.6 Å². The predicted molar refractivity (Wildman–Crippen MR) is 99.9 cm³/mol. The second kappa shape index (κ2) is 8.10. The molecule has 0 atom stereocenters. The molecule has 1 aliphatic heterocycles. The summed E-state index contributed by atoms with van der Waals surface area (Å²) in [4.78, 5) is 14.1. The van der Waals surface area contributed by atoms with E-state index >= 15 is 0 Å². The van der Waals surface area contributed by atoms with Gasteiger partial charge in [-0.1, -0.05) is 24.3 Å². The van der Waals surface area contributed by atoms with Crippen LogP contribution in [0, 0.1) is 6.92 Å². The highest BCUT2D eigenvalue weighted by atomic mass is 16.5. The van der Waals surface area contributed by atoms with Crippen LogP contribution < -0.4 is 14.8 Å². The number of hydrogen-bond acceptors (Lipinski definition) is 4. The van der Waals surface area contributed by atoms with Gasteiger partial charge in [0.15, 0.2) is 0 Å². The van der Waals surface area contributed by atoms with Crippen LogP contribution in [0.5, 0.6) is 11.5 Å². The molecule has 2 amide bonds. The second-order valence-electron chi connectivity index (χ2n) is 6.26. The minimum Gasteiger partial charge on any atom is -0.497 e. The van der Waals surface area contributed by atoms with Gasteiger partial charge in [-0.3, -0.25) is 0 Å². The number of ether oxygens (including phenoxy) is 3. The summed E-state index contributed by atoms with van der Waals surface area (Å²) >= 11 is 0. The lowest BCUT2D eigenvalue weighted by molar-refractivity contribution is -0.0422. The Morgan fingerprint density at radius 2 is 1.92 bits per heavy atom. The van der Waals surface area contributed by atoms with Crippen molar-refractivity contribution < 1.29 is 19.0 Å². The van der Waals surface area contributed by atoms with E-state index in [1.54, 1.807) is 37.3 Å². The number of benzene rings is 2. The van der Waals surface area contributed by atoms with Gasteiger partial charge in [0.1, 0.15) is 11.5 Å². The van der Waals surface area contributed by atoms with E-state index in [9.17, 15) is 4.79 Å². The minimum absolute atomic E-state index is 0.0677. The zero-order chi connectivity index (χ0) is 18.5. The van der Waals surface area contributed by atoms with Crippen LogP contribution in [0.2, 0.25) is 0 Å². The number of aryl methyl sites for hydroxylation is 1. The lowest BCUT2D eigenvalue weighted by Gasteiger charge is -2.38. The van der Waals surface area contributed by atoms with Crippen LogP contribution in [0.3, 0.4) is 0 Å². The Morgan fingerprint density at radius 3 is 2.62 bits per heavy atom. The van der Waals surface area contributed by atoms with Gasteiger partial charge in [0.05, 0.1) is 45.7 Å². The SMILES string of the molecule is COc1ccc(NC(=O)N2CC(OCc3ccccc3C)C2)c(OC)c1. The van der Waals surface area contributed by atoms with Crippen molar-refractivity contribution in [2.24, 2.45) is 0 Å². The molecule has 1 fully saturated rings. The van der Waals surface area contributed by atoms with Crippen LogP contribution in [0.4, 0.5) is 10.5 Å². The zero-order valence-electron chi connectivity index (χ0n) is 15.3. The highest BCUT2D eigenvalue weighted by molar-refractivity contribution is 5.91. The molecule has 1 saturated heterocycles. The fraction of sp³-hybridized carbons (Fsp3) is 0.350. The molecule has 26 heavy (non-hydrogen) atoms. The third-order valence-electron chi connectivity index (χ3n) is 4.52. The number of methoxy groups -OCH3 is 2. The fourth-order valence-corrected chi connectivity index (χ4v) is 2.79. The highest BCUT2D eigenvalue weighted by Gasteiger charge is 2.31. The number of carbonyl (C=O) groups is 1. The van der Waals surface area contributed by atoms with Gasteiger partial charge < -0.3 is 24.4 Å². The van der Waals surface area contributed by atoms with Gasteiger partial charge in [-0.2, -0.15) is 0 Å². The Morgan fingerprint density at radius 1 is 1.15 bits per heavy atom. The summed E-state index contributed by atoms with van der Waals surface area (Å²) in [7, 11) is 3.15. The molecule has 6 heteroatoms. The Bertz CT molecular complexity index is 772. The fourth-order valence-electron chi connectivity index (χ4n) is 2.79. The first-order chi connectivity index (χ1) is 12.6. The number of carbonyl (C=O) groups excluding carboxylic acids is 1. The van der Waals surface area contributed by atoms with Gasteiger partial charge in [-0.05, 0) is 30.2 Å². The van der Waals surface area contributed by atoms with Crippen molar-refractivity contribution in [2.45, 2.75) is 19.6 Å². The molecular weight excluding hydrogens is 332 g/mol. The first-order valence-corrected chi connectivity index (χ1v) is 8.54. The normalized spacial score (nSPS) is 13.9. The maximum atomic E-state index is 12.4. The number of amides is 2. The summed E-state index contributed by atoms with van der Waals surface area (Å²) in [5.74, 6) is 1.24. The number of anilines is 1. The van der Waals surface area contributed by atoms with Gasteiger partial charge >= 0.3 is 6.03 Å². The average molecular weight is 356 g/mol. The molecule has 3 rings (SSSR count). The third kappa shape index (κ3) is 4.08.